The molecule has 3 aromatic rings. The number of methoxy groups -OCH3 is 1. The summed E-state index contributed by atoms with van der Waals surface area (Å²) in [5.74, 6) is 1.05. The van der Waals surface area contributed by atoms with Crippen molar-refractivity contribution in [2.45, 2.75) is 13.1 Å². The summed E-state index contributed by atoms with van der Waals surface area (Å²) in [6.45, 7) is 0.339. The molecule has 8 nitrogen and oxygen atoms in total. The number of carbonyl (C=O) groups excluding carboxylic acids is 1. The first-order valence-corrected chi connectivity index (χ1v) is 8.25. The van der Waals surface area contributed by atoms with Crippen LogP contribution in [0.25, 0.3) is 0 Å². The second-order valence-corrected chi connectivity index (χ2v) is 6.03. The minimum absolute atomic E-state index is 0.137. The molecule has 134 valence electrons. The number of ether oxygens (including phenoxy) is 1. The van der Waals surface area contributed by atoms with Crippen molar-refractivity contribution in [1.29, 1.82) is 5.26 Å². The lowest BCUT2D eigenvalue weighted by Crippen LogP contribution is -2.35. The Labute approximate surface area is 154 Å². The van der Waals surface area contributed by atoms with Gasteiger partial charge in [0.15, 0.2) is 5.82 Å². The van der Waals surface area contributed by atoms with Gasteiger partial charge >= 0.3 is 11.7 Å². The molecule has 0 N–H and O–H groups in total. The summed E-state index contributed by atoms with van der Waals surface area (Å²) in [4.78, 5) is 26.9. The smallest absolute Gasteiger partial charge is 0.354 e. The molecule has 0 saturated heterocycles. The minimum atomic E-state index is -0.515. The van der Waals surface area contributed by atoms with Crippen LogP contribution in [-0.4, -0.2) is 27.5 Å². The Morgan fingerprint density at radius 2 is 1.89 bits per heavy atom. The van der Waals surface area contributed by atoms with Crippen molar-refractivity contribution in [1.82, 2.24) is 14.3 Å². The van der Waals surface area contributed by atoms with Gasteiger partial charge in [0.2, 0.25) is 0 Å². The van der Waals surface area contributed by atoms with Crippen LogP contribution < -0.4 is 15.3 Å². The summed E-state index contributed by atoms with van der Waals surface area (Å²) >= 11 is 0. The van der Waals surface area contributed by atoms with Crippen LogP contribution in [0.15, 0.2) is 53.3 Å². The van der Waals surface area contributed by atoms with Crippen molar-refractivity contribution in [3.63, 3.8) is 0 Å². The molecule has 0 fully saturated rings. The molecule has 4 rings (SSSR count). The fraction of sp³-hybridized carbons (Fsp3) is 0.158. The highest BCUT2D eigenvalue weighted by atomic mass is 16.5. The van der Waals surface area contributed by atoms with Crippen molar-refractivity contribution in [3.8, 4) is 11.8 Å². The van der Waals surface area contributed by atoms with E-state index < -0.39 is 11.7 Å². The van der Waals surface area contributed by atoms with Gasteiger partial charge in [0.25, 0.3) is 0 Å². The summed E-state index contributed by atoms with van der Waals surface area (Å²) in [5.41, 5.74) is 1.30. The maximum absolute atomic E-state index is 12.7. The van der Waals surface area contributed by atoms with Gasteiger partial charge in [0.1, 0.15) is 5.75 Å². The maximum atomic E-state index is 12.7. The Bertz CT molecular complexity index is 1120. The first-order chi connectivity index (χ1) is 13.1. The highest BCUT2D eigenvalue weighted by molar-refractivity contribution is 5.96. The van der Waals surface area contributed by atoms with E-state index >= 15 is 0 Å². The summed E-state index contributed by atoms with van der Waals surface area (Å²) in [5, 5.41) is 13.5. The average Bonchev–Trinajstić information content (AvgIpc) is 3.19. The van der Waals surface area contributed by atoms with Crippen molar-refractivity contribution < 1.29 is 9.53 Å². The summed E-state index contributed by atoms with van der Waals surface area (Å²) in [6, 6.07) is 15.7. The van der Waals surface area contributed by atoms with E-state index in [9.17, 15) is 14.9 Å². The Kier molecular flexibility index (Phi) is 3.97. The maximum Gasteiger partial charge on any atom is 0.354 e. The number of aromatic nitrogens is 3. The van der Waals surface area contributed by atoms with E-state index in [0.29, 0.717) is 28.4 Å². The van der Waals surface area contributed by atoms with Gasteiger partial charge in [-0.1, -0.05) is 18.2 Å². The predicted molar refractivity (Wildman–Crippen MR) is 96.7 cm³/mol. The molecule has 2 heterocycles. The van der Waals surface area contributed by atoms with Crippen LogP contribution in [0.1, 0.15) is 17.0 Å². The fourth-order valence-electron chi connectivity index (χ4n) is 3.07. The third-order valence-corrected chi connectivity index (χ3v) is 4.47. The van der Waals surface area contributed by atoms with Crippen molar-refractivity contribution in [2.24, 2.45) is 0 Å². The zero-order chi connectivity index (χ0) is 19.0. The van der Waals surface area contributed by atoms with Crippen LogP contribution in [0.4, 0.5) is 10.5 Å². The second-order valence-electron chi connectivity index (χ2n) is 6.03. The SMILES string of the molecule is COc1ccc(N2Cc3nn(Cc4ccccc4C#N)c(=O)n3C2=O)cc1. The number of hydrogen-bond donors (Lipinski definition) is 0. The standard InChI is InChI=1S/C19H15N5O3/c1-27-16-8-6-15(7-9-16)22-12-17-21-23(19(26)24(17)18(22)25)11-14-5-3-2-4-13(14)10-20/h2-9H,11-12H2,1H3. The van der Waals surface area contributed by atoms with Gasteiger partial charge in [-0.25, -0.2) is 14.3 Å². The van der Waals surface area contributed by atoms with Gasteiger partial charge in [-0.3, -0.25) is 4.90 Å². The molecule has 0 aliphatic carbocycles. The van der Waals surface area contributed by atoms with Crippen LogP contribution in [0, 0.1) is 11.3 Å². The van der Waals surface area contributed by atoms with Gasteiger partial charge in [0, 0.05) is 5.69 Å². The van der Waals surface area contributed by atoms with E-state index in [1.807, 2.05) is 0 Å². The second kappa shape index (κ2) is 6.46. The zero-order valence-corrected chi connectivity index (χ0v) is 14.5. The summed E-state index contributed by atoms with van der Waals surface area (Å²) < 4.78 is 7.40. The topological polar surface area (TPSA) is 93.2 Å². The molecule has 8 heteroatoms. The average molecular weight is 361 g/mol. The van der Waals surface area contributed by atoms with E-state index in [1.165, 1.54) is 9.58 Å². The molecule has 1 aliphatic heterocycles. The van der Waals surface area contributed by atoms with Crippen molar-refractivity contribution in [2.75, 3.05) is 12.0 Å². The fourth-order valence-corrected chi connectivity index (χ4v) is 3.07. The largest absolute Gasteiger partial charge is 0.497 e. The molecule has 0 bridgehead atoms. The summed E-state index contributed by atoms with van der Waals surface area (Å²) in [6.07, 6.45) is 0. The van der Waals surface area contributed by atoms with Crippen LogP contribution in [0.5, 0.6) is 5.75 Å². The number of nitrogens with zero attached hydrogens (tertiary/aromatic N) is 5. The number of benzene rings is 2. The monoisotopic (exact) mass is 361 g/mol. The lowest BCUT2D eigenvalue weighted by molar-refractivity contribution is 0.250. The molecule has 1 aliphatic rings. The lowest BCUT2D eigenvalue weighted by Gasteiger charge is -2.15. The third kappa shape index (κ3) is 2.75. The number of amides is 1. The number of rotatable bonds is 4. The van der Waals surface area contributed by atoms with Crippen molar-refractivity contribution in [3.05, 3.63) is 76.0 Å². The van der Waals surface area contributed by atoms with Gasteiger partial charge in [-0.05, 0) is 35.9 Å². The van der Waals surface area contributed by atoms with Crippen molar-refractivity contribution >= 4 is 11.7 Å². The van der Waals surface area contributed by atoms with E-state index in [0.717, 1.165) is 4.57 Å². The van der Waals surface area contributed by atoms with Crippen LogP contribution >= 0.6 is 0 Å². The van der Waals surface area contributed by atoms with E-state index in [-0.39, 0.29) is 13.1 Å². The molecule has 0 saturated carbocycles. The van der Waals surface area contributed by atoms with E-state index in [2.05, 4.69) is 11.2 Å². The molecule has 0 spiro atoms. The number of fused-ring (bicyclic) bond motifs is 1. The Hall–Kier alpha value is -3.86. The number of carbonyl (C=O) groups is 1. The molecule has 0 atom stereocenters. The molecular weight excluding hydrogens is 346 g/mol. The molecule has 2 aromatic carbocycles. The van der Waals surface area contributed by atoms with Gasteiger partial charge < -0.3 is 4.74 Å². The van der Waals surface area contributed by atoms with Gasteiger partial charge in [-0.15, -0.1) is 0 Å². The normalized spacial score (nSPS) is 12.7. The Balaban J connectivity index is 1.63. The first-order valence-electron chi connectivity index (χ1n) is 8.25. The zero-order valence-electron chi connectivity index (χ0n) is 14.5. The Morgan fingerprint density at radius 3 is 2.56 bits per heavy atom. The molecular formula is C19H15N5O3. The molecule has 1 amide bonds. The number of hydrogen-bond acceptors (Lipinski definition) is 5. The van der Waals surface area contributed by atoms with Crippen LogP contribution in [-0.2, 0) is 13.1 Å². The first kappa shape index (κ1) is 16.6. The predicted octanol–water partition coefficient (Wildman–Crippen LogP) is 1.96. The Morgan fingerprint density at radius 1 is 1.15 bits per heavy atom. The lowest BCUT2D eigenvalue weighted by atomic mass is 10.1. The summed E-state index contributed by atoms with van der Waals surface area (Å²) in [7, 11) is 1.57. The molecule has 0 unspecified atom stereocenters. The highest BCUT2D eigenvalue weighted by Gasteiger charge is 2.33. The number of nitriles is 1. The molecule has 27 heavy (non-hydrogen) atoms. The van der Waals surface area contributed by atoms with E-state index in [1.54, 1.807) is 55.6 Å². The van der Waals surface area contributed by atoms with Crippen LogP contribution in [0.3, 0.4) is 0 Å². The number of anilines is 1. The quantitative estimate of drug-likeness (QED) is 0.708. The minimum Gasteiger partial charge on any atom is -0.497 e. The van der Waals surface area contributed by atoms with Gasteiger partial charge in [0.05, 0.1) is 31.8 Å². The molecule has 1 aromatic heterocycles. The highest BCUT2D eigenvalue weighted by Crippen LogP contribution is 2.24. The third-order valence-electron chi connectivity index (χ3n) is 4.47. The molecule has 0 radical (unpaired) electrons. The van der Waals surface area contributed by atoms with Crippen LogP contribution in [0.2, 0.25) is 0 Å². The van der Waals surface area contributed by atoms with E-state index in [4.69, 9.17) is 4.74 Å². The van der Waals surface area contributed by atoms with Gasteiger partial charge in [-0.2, -0.15) is 14.9 Å².